The Hall–Kier alpha value is -3.02. The molecule has 0 saturated heterocycles. The molecule has 2 aromatic carbocycles. The monoisotopic (exact) mass is 288 g/mol. The molecule has 2 rings (SSSR count). The van der Waals surface area contributed by atoms with Crippen LogP contribution in [-0.4, -0.2) is 27.9 Å². The Morgan fingerprint density at radius 2 is 1.76 bits per heavy atom. The van der Waals surface area contributed by atoms with Crippen molar-refractivity contribution in [3.63, 3.8) is 0 Å². The predicted octanol–water partition coefficient (Wildman–Crippen LogP) is 0.493. The molecule has 0 aliphatic rings. The summed E-state index contributed by atoms with van der Waals surface area (Å²) >= 11 is 0. The molecule has 0 atom stereocenters. The summed E-state index contributed by atoms with van der Waals surface area (Å²) in [6, 6.07) is 13.4. The summed E-state index contributed by atoms with van der Waals surface area (Å²) in [5.74, 6) is -0.113. The number of rotatable bonds is 3. The van der Waals surface area contributed by atoms with Crippen LogP contribution in [0.2, 0.25) is 0 Å². The van der Waals surface area contributed by atoms with Crippen LogP contribution < -0.4 is 5.16 Å². The third kappa shape index (κ3) is 5.65. The molecule has 0 bridgehead atoms. The lowest BCUT2D eigenvalue weighted by Crippen LogP contribution is -2.56. The Labute approximate surface area is 122 Å². The van der Waals surface area contributed by atoms with E-state index in [1.807, 2.05) is 30.3 Å². The fourth-order valence-electron chi connectivity index (χ4n) is 1.60. The predicted molar refractivity (Wildman–Crippen MR) is 80.2 cm³/mol. The first-order valence-corrected chi connectivity index (χ1v) is 6.05. The first-order valence-electron chi connectivity index (χ1n) is 6.05. The highest BCUT2D eigenvalue weighted by molar-refractivity contribution is 5.75. The van der Waals surface area contributed by atoms with Crippen molar-refractivity contribution in [1.82, 2.24) is 0 Å². The van der Waals surface area contributed by atoms with Gasteiger partial charge < -0.3 is 20.6 Å². The van der Waals surface area contributed by atoms with Gasteiger partial charge in [-0.1, -0.05) is 18.2 Å². The van der Waals surface area contributed by atoms with Gasteiger partial charge in [-0.15, -0.1) is 0 Å². The van der Waals surface area contributed by atoms with Crippen molar-refractivity contribution in [2.75, 3.05) is 0 Å². The smallest absolute Gasteiger partial charge is 0.182 e. The van der Waals surface area contributed by atoms with Gasteiger partial charge in [-0.2, -0.15) is 0 Å². The number of nitrogens with zero attached hydrogens (tertiary/aromatic N) is 1. The number of benzene rings is 2. The zero-order valence-corrected chi connectivity index (χ0v) is 11.3. The Kier molecular flexibility index (Phi) is 6.27. The molecule has 0 aliphatic carbocycles. The largest absolute Gasteiger partial charge is 0.626 e. The highest BCUT2D eigenvalue weighted by Crippen LogP contribution is 2.22. The van der Waals surface area contributed by atoms with Crippen LogP contribution in [0.1, 0.15) is 11.1 Å². The lowest BCUT2D eigenvalue weighted by Gasteiger charge is -2.06. The molecule has 21 heavy (non-hydrogen) atoms. The third-order valence-electron chi connectivity index (χ3n) is 2.49. The number of aromatic hydroxyl groups is 2. The maximum atomic E-state index is 11.7. The van der Waals surface area contributed by atoms with E-state index in [0.717, 1.165) is 10.3 Å². The molecule has 0 fully saturated rings. The van der Waals surface area contributed by atoms with E-state index in [2.05, 4.69) is 6.72 Å². The van der Waals surface area contributed by atoms with E-state index in [-0.39, 0.29) is 18.0 Å². The van der Waals surface area contributed by atoms with E-state index >= 15 is 0 Å². The quantitative estimate of drug-likeness (QED) is 0.331. The molecule has 0 heterocycles. The minimum atomic E-state index is -0.0858. The molecular formula is C15H16N2O4. The molecule has 0 radical (unpaired) electrons. The number of phenols is 2. The highest BCUT2D eigenvalue weighted by Gasteiger charge is 2.06. The number of nitrogens with one attached hydrogen (secondary N) is 1. The highest BCUT2D eigenvalue weighted by atomic mass is 16.5. The molecule has 6 heteroatoms. The van der Waals surface area contributed by atoms with Crippen LogP contribution >= 0.6 is 0 Å². The van der Waals surface area contributed by atoms with Gasteiger partial charge in [-0.25, -0.2) is 9.89 Å². The minimum Gasteiger partial charge on any atom is -0.626 e. The average Bonchev–Trinajstić information content (AvgIpc) is 2.44. The maximum Gasteiger partial charge on any atom is 0.182 e. The van der Waals surface area contributed by atoms with Gasteiger partial charge in [0.25, 0.3) is 0 Å². The molecule has 0 aromatic heterocycles. The normalized spacial score (nSPS) is 10.4. The van der Waals surface area contributed by atoms with E-state index in [9.17, 15) is 10.3 Å². The maximum absolute atomic E-state index is 11.7. The summed E-state index contributed by atoms with van der Waals surface area (Å²) in [6.07, 6.45) is 1.45. The fourth-order valence-corrected chi connectivity index (χ4v) is 1.60. The molecule has 3 N–H and O–H groups in total. The lowest BCUT2D eigenvalue weighted by molar-refractivity contribution is -0.469. The summed E-state index contributed by atoms with van der Waals surface area (Å²) in [5, 5.41) is 40.2. The second kappa shape index (κ2) is 8.21. The van der Waals surface area contributed by atoms with E-state index < -0.39 is 0 Å². The van der Waals surface area contributed by atoms with Crippen LogP contribution in [0.25, 0.3) is 0 Å². The zero-order valence-electron chi connectivity index (χ0n) is 11.3. The SMILES string of the molecule is C=[NH+][O-].[O-]/[N+](=C/c1ccccc1)Cc1ccc(O)cc1O. The number of hydrogen-bond donors (Lipinski definition) is 3. The molecule has 0 unspecified atom stereocenters. The second-order valence-corrected chi connectivity index (χ2v) is 4.07. The van der Waals surface area contributed by atoms with E-state index in [0.29, 0.717) is 5.56 Å². The molecule has 0 amide bonds. The van der Waals surface area contributed by atoms with Crippen LogP contribution in [0.4, 0.5) is 0 Å². The van der Waals surface area contributed by atoms with Crippen molar-refractivity contribution in [2.24, 2.45) is 0 Å². The van der Waals surface area contributed by atoms with Crippen LogP contribution in [0.15, 0.2) is 48.5 Å². The molecule has 0 aliphatic heterocycles. The van der Waals surface area contributed by atoms with Crippen molar-refractivity contribution >= 4 is 12.9 Å². The molecule has 0 spiro atoms. The van der Waals surface area contributed by atoms with Gasteiger partial charge >= 0.3 is 0 Å². The van der Waals surface area contributed by atoms with Crippen molar-refractivity contribution < 1.29 is 20.1 Å². The first kappa shape index (κ1) is 16.0. The summed E-state index contributed by atoms with van der Waals surface area (Å²) in [5.41, 5.74) is 1.26. The number of hydroxylamine groups is 1. The van der Waals surface area contributed by atoms with Gasteiger partial charge in [-0.05, 0) is 24.3 Å². The van der Waals surface area contributed by atoms with Crippen molar-refractivity contribution in [1.29, 1.82) is 0 Å². The number of phenolic OH excluding ortho intramolecular Hbond substituents is 2. The Bertz CT molecular complexity index is 612. The summed E-state index contributed by atoms with van der Waals surface area (Å²) in [7, 11) is 0. The van der Waals surface area contributed by atoms with Crippen LogP contribution in [-0.2, 0) is 6.54 Å². The Balaban J connectivity index is 0.000000677. The van der Waals surface area contributed by atoms with Crippen molar-refractivity contribution in [2.45, 2.75) is 6.54 Å². The summed E-state index contributed by atoms with van der Waals surface area (Å²) < 4.78 is 0.738. The van der Waals surface area contributed by atoms with Gasteiger partial charge in [0.15, 0.2) is 12.8 Å². The van der Waals surface area contributed by atoms with Crippen LogP contribution in [0.3, 0.4) is 0 Å². The topological polar surface area (TPSA) is 104 Å². The standard InChI is InChI=1S/C14H13NO3.CH3NO/c16-13-7-6-12(14(17)8-13)10-15(18)9-11-4-2-1-3-5-11;1-2-3/h1-9,16-17H,10H2;2H,1H2/b15-9+;. The Morgan fingerprint density at radius 1 is 1.14 bits per heavy atom. The molecule has 0 saturated carbocycles. The van der Waals surface area contributed by atoms with Gasteiger partial charge in [0.2, 0.25) is 0 Å². The molecule has 6 nitrogen and oxygen atoms in total. The minimum absolute atomic E-state index is 0.0271. The fraction of sp³-hybridized carbons (Fsp3) is 0.0667. The third-order valence-corrected chi connectivity index (χ3v) is 2.49. The molecule has 2 aromatic rings. The van der Waals surface area contributed by atoms with Gasteiger partial charge in [-0.3, -0.25) is 0 Å². The van der Waals surface area contributed by atoms with Crippen LogP contribution in [0, 0.1) is 10.4 Å². The van der Waals surface area contributed by atoms with Crippen molar-refractivity contribution in [3.8, 4) is 11.5 Å². The first-order chi connectivity index (χ1) is 10.1. The van der Waals surface area contributed by atoms with Crippen LogP contribution in [0.5, 0.6) is 11.5 Å². The van der Waals surface area contributed by atoms with E-state index in [4.69, 9.17) is 10.3 Å². The van der Waals surface area contributed by atoms with Gasteiger partial charge in [0.1, 0.15) is 18.2 Å². The Morgan fingerprint density at radius 3 is 2.33 bits per heavy atom. The van der Waals surface area contributed by atoms with Crippen molar-refractivity contribution in [3.05, 3.63) is 70.1 Å². The average molecular weight is 288 g/mol. The van der Waals surface area contributed by atoms with Gasteiger partial charge in [0, 0.05) is 11.6 Å². The van der Waals surface area contributed by atoms with Gasteiger partial charge in [0.05, 0.1) is 5.56 Å². The molecule has 110 valence electrons. The molecular weight excluding hydrogens is 272 g/mol. The summed E-state index contributed by atoms with van der Waals surface area (Å²) in [6.45, 7) is 2.71. The lowest BCUT2D eigenvalue weighted by atomic mass is 10.2. The van der Waals surface area contributed by atoms with E-state index in [1.165, 1.54) is 29.6 Å². The second-order valence-electron chi connectivity index (χ2n) is 4.07. The summed E-state index contributed by atoms with van der Waals surface area (Å²) in [4.78, 5) is 0. The zero-order chi connectivity index (χ0) is 15.7. The van der Waals surface area contributed by atoms with E-state index in [1.54, 1.807) is 0 Å². The number of hydrogen-bond acceptors (Lipinski definition) is 4.